The van der Waals surface area contributed by atoms with Crippen molar-refractivity contribution in [3.8, 4) is 0 Å². The normalized spacial score (nSPS) is 22.0. The van der Waals surface area contributed by atoms with Gasteiger partial charge in [0.25, 0.3) is 0 Å². The highest BCUT2D eigenvalue weighted by Crippen LogP contribution is 2.12. The van der Waals surface area contributed by atoms with Crippen molar-refractivity contribution in [3.63, 3.8) is 0 Å². The molecule has 0 aromatic carbocycles. The van der Waals surface area contributed by atoms with Gasteiger partial charge in [-0.2, -0.15) is 0 Å². The van der Waals surface area contributed by atoms with E-state index in [-0.39, 0.29) is 0 Å². The third-order valence-corrected chi connectivity index (χ3v) is 0.969. The summed E-state index contributed by atoms with van der Waals surface area (Å²) in [7, 11) is 0. The summed E-state index contributed by atoms with van der Waals surface area (Å²) in [6.45, 7) is -3.36. The minimum absolute atomic E-state index is 0.476. The third-order valence-electron chi connectivity index (χ3n) is 0.969. The van der Waals surface area contributed by atoms with Crippen LogP contribution in [0.5, 0.6) is 0 Å². The highest BCUT2D eigenvalue weighted by molar-refractivity contribution is 5.67. The van der Waals surface area contributed by atoms with E-state index in [0.29, 0.717) is 0 Å². The Morgan fingerprint density at radius 3 is 2.70 bits per heavy atom. The lowest BCUT2D eigenvalue weighted by molar-refractivity contribution is -0.142. The number of carboxylic acid groups (broad SMARTS) is 1. The maximum Gasteiger partial charge on any atom is 0.306 e. The fraction of sp³-hybridized carbons (Fsp3) is 0.833. The van der Waals surface area contributed by atoms with E-state index < -0.39 is 37.9 Å². The second-order valence-electron chi connectivity index (χ2n) is 2.08. The molecule has 0 rings (SSSR count). The van der Waals surface area contributed by atoms with Gasteiger partial charge < -0.3 is 15.3 Å². The molecule has 0 amide bonds. The molecule has 10 heavy (non-hydrogen) atoms. The molecule has 0 heterocycles. The third kappa shape index (κ3) is 4.29. The van der Waals surface area contributed by atoms with Crippen LogP contribution >= 0.6 is 0 Å². The van der Waals surface area contributed by atoms with Crippen LogP contribution in [-0.2, 0) is 4.79 Å². The quantitative estimate of drug-likeness (QED) is 0.510. The molecule has 4 heteroatoms. The molecule has 3 N–H and O–H groups in total. The average Bonchev–Trinajstić information content (AvgIpc) is 1.82. The van der Waals surface area contributed by atoms with Crippen LogP contribution in [0.25, 0.3) is 0 Å². The maximum absolute atomic E-state index is 10.2. The van der Waals surface area contributed by atoms with Crippen molar-refractivity contribution >= 4 is 5.97 Å². The second kappa shape index (κ2) is 3.53. The molecule has 0 aliphatic rings. The molecular weight excluding hydrogens is 136 g/mol. The van der Waals surface area contributed by atoms with E-state index in [0.717, 1.165) is 0 Å². The van der Waals surface area contributed by atoms with Crippen molar-refractivity contribution in [2.75, 3.05) is 6.61 Å². The van der Waals surface area contributed by atoms with Gasteiger partial charge in [0.2, 0.25) is 0 Å². The molecular formula is C6H12O4. The van der Waals surface area contributed by atoms with Gasteiger partial charge in [-0.15, -0.1) is 0 Å². The Kier molecular flexibility index (Phi) is 1.80. The molecule has 1 unspecified atom stereocenters. The SMILES string of the molecule is [2H]C([2H])([2H])C(O)(CCO)CC(=O)O. The molecule has 1 atom stereocenters. The minimum atomic E-state index is -2.80. The highest BCUT2D eigenvalue weighted by atomic mass is 16.4. The monoisotopic (exact) mass is 151 g/mol. The number of hydrogen-bond donors (Lipinski definition) is 3. The van der Waals surface area contributed by atoms with E-state index in [1.54, 1.807) is 0 Å². The highest BCUT2D eigenvalue weighted by Gasteiger charge is 2.22. The molecule has 0 aliphatic carbocycles. The molecule has 0 fully saturated rings. The summed E-state index contributed by atoms with van der Waals surface area (Å²) in [5, 5.41) is 26.2. The Labute approximate surface area is 63.3 Å². The van der Waals surface area contributed by atoms with E-state index in [9.17, 15) is 9.90 Å². The Morgan fingerprint density at radius 1 is 1.80 bits per heavy atom. The largest absolute Gasteiger partial charge is 0.481 e. The van der Waals surface area contributed by atoms with Crippen molar-refractivity contribution in [2.45, 2.75) is 25.3 Å². The maximum atomic E-state index is 10.2. The fourth-order valence-electron chi connectivity index (χ4n) is 0.524. The summed E-state index contributed by atoms with van der Waals surface area (Å²) in [6, 6.07) is 0. The minimum Gasteiger partial charge on any atom is -0.481 e. The van der Waals surface area contributed by atoms with Crippen LogP contribution in [0.3, 0.4) is 0 Å². The smallest absolute Gasteiger partial charge is 0.306 e. The average molecular weight is 151 g/mol. The number of carboxylic acids is 1. The topological polar surface area (TPSA) is 77.8 Å². The first-order valence-corrected chi connectivity index (χ1v) is 2.78. The summed E-state index contributed by atoms with van der Waals surface area (Å²) < 4.78 is 20.7. The second-order valence-corrected chi connectivity index (χ2v) is 2.08. The summed E-state index contributed by atoms with van der Waals surface area (Å²) in [5.41, 5.74) is -2.34. The Bertz CT molecular complexity index is 191. The molecule has 0 saturated carbocycles. The molecule has 0 aromatic rings. The number of rotatable bonds is 4. The molecule has 60 valence electrons. The van der Waals surface area contributed by atoms with E-state index in [4.69, 9.17) is 14.3 Å². The van der Waals surface area contributed by atoms with Crippen LogP contribution in [0.4, 0.5) is 0 Å². The summed E-state index contributed by atoms with van der Waals surface area (Å²) in [6.07, 6.45) is -1.38. The van der Waals surface area contributed by atoms with Gasteiger partial charge in [0, 0.05) is 10.7 Å². The lowest BCUT2D eigenvalue weighted by atomic mass is 9.99. The van der Waals surface area contributed by atoms with Gasteiger partial charge in [0.1, 0.15) is 0 Å². The van der Waals surface area contributed by atoms with Crippen molar-refractivity contribution in [1.82, 2.24) is 0 Å². The lowest BCUT2D eigenvalue weighted by Crippen LogP contribution is -2.28. The van der Waals surface area contributed by atoms with Crippen molar-refractivity contribution < 1.29 is 24.2 Å². The molecule has 0 aromatic heterocycles. The van der Waals surface area contributed by atoms with E-state index in [2.05, 4.69) is 0 Å². The predicted octanol–water partition coefficient (Wildman–Crippen LogP) is -0.406. The number of aliphatic carboxylic acids is 1. The molecule has 0 bridgehead atoms. The van der Waals surface area contributed by atoms with Gasteiger partial charge in [-0.1, -0.05) is 0 Å². The number of aliphatic hydroxyl groups is 2. The number of carbonyl (C=O) groups is 1. The first-order chi connectivity index (χ1) is 5.73. The first kappa shape index (κ1) is 5.09. The lowest BCUT2D eigenvalue weighted by Gasteiger charge is -2.18. The van der Waals surface area contributed by atoms with Crippen LogP contribution in [0.15, 0.2) is 0 Å². The van der Waals surface area contributed by atoms with Crippen molar-refractivity contribution in [2.24, 2.45) is 0 Å². The first-order valence-electron chi connectivity index (χ1n) is 4.28. The van der Waals surface area contributed by atoms with Crippen LogP contribution < -0.4 is 0 Å². The molecule has 0 spiro atoms. The van der Waals surface area contributed by atoms with E-state index in [1.165, 1.54) is 0 Å². The van der Waals surface area contributed by atoms with Crippen LogP contribution in [0, 0.1) is 0 Å². The fourth-order valence-corrected chi connectivity index (χ4v) is 0.524. The Balaban J connectivity index is 4.62. The molecule has 0 radical (unpaired) electrons. The zero-order chi connectivity index (χ0) is 10.7. The van der Waals surface area contributed by atoms with Crippen LogP contribution in [0.2, 0.25) is 0 Å². The Morgan fingerprint density at radius 2 is 2.40 bits per heavy atom. The zero-order valence-corrected chi connectivity index (χ0v) is 5.37. The van der Waals surface area contributed by atoms with Gasteiger partial charge in [0.05, 0.1) is 12.0 Å². The summed E-state index contributed by atoms with van der Waals surface area (Å²) >= 11 is 0. The molecule has 0 aliphatic heterocycles. The van der Waals surface area contributed by atoms with Crippen molar-refractivity contribution in [1.29, 1.82) is 0 Å². The zero-order valence-electron chi connectivity index (χ0n) is 8.37. The van der Waals surface area contributed by atoms with Crippen LogP contribution in [0.1, 0.15) is 23.8 Å². The van der Waals surface area contributed by atoms with Gasteiger partial charge in [-0.3, -0.25) is 4.79 Å². The molecule has 4 nitrogen and oxygen atoms in total. The summed E-state index contributed by atoms with van der Waals surface area (Å²) in [4.78, 5) is 10.2. The number of aliphatic hydroxyl groups excluding tert-OH is 1. The summed E-state index contributed by atoms with van der Waals surface area (Å²) in [5.74, 6) is -1.41. The van der Waals surface area contributed by atoms with Gasteiger partial charge in [-0.05, 0) is 13.3 Å². The van der Waals surface area contributed by atoms with E-state index in [1.807, 2.05) is 0 Å². The molecule has 0 saturated heterocycles. The van der Waals surface area contributed by atoms with Crippen LogP contribution in [-0.4, -0.2) is 33.5 Å². The van der Waals surface area contributed by atoms with Gasteiger partial charge >= 0.3 is 5.97 Å². The Hall–Kier alpha value is -0.610. The number of hydrogen-bond acceptors (Lipinski definition) is 3. The van der Waals surface area contributed by atoms with Gasteiger partial charge in [-0.25, -0.2) is 0 Å². The van der Waals surface area contributed by atoms with Gasteiger partial charge in [0.15, 0.2) is 0 Å². The predicted molar refractivity (Wildman–Crippen MR) is 34.6 cm³/mol. The standard InChI is InChI=1S/C6H12O4/c1-6(10,2-3-7)4-5(8)9/h7,10H,2-4H2,1H3,(H,8,9)/i1D3. The van der Waals surface area contributed by atoms with Crippen molar-refractivity contribution in [3.05, 3.63) is 0 Å². The van der Waals surface area contributed by atoms with E-state index >= 15 is 0 Å².